The van der Waals surface area contributed by atoms with Crippen molar-refractivity contribution in [2.45, 2.75) is 26.2 Å². The summed E-state index contributed by atoms with van der Waals surface area (Å²) in [5.41, 5.74) is 3.92. The van der Waals surface area contributed by atoms with E-state index in [2.05, 4.69) is 31.0 Å². The smallest absolute Gasteiger partial charge is 0.0308 e. The number of hydrogen-bond acceptors (Lipinski definition) is 1. The first kappa shape index (κ1) is 7.66. The largest absolute Gasteiger partial charge is 0.359 e. The predicted octanol–water partition coefficient (Wildman–Crippen LogP) is 2.73. The fourth-order valence-electron chi connectivity index (χ4n) is 1.90. The van der Waals surface area contributed by atoms with Crippen LogP contribution in [0, 0.1) is 5.92 Å². The molecule has 0 saturated heterocycles. The molecule has 0 amide bonds. The van der Waals surface area contributed by atoms with Crippen molar-refractivity contribution in [1.29, 1.82) is 0 Å². The lowest BCUT2D eigenvalue weighted by atomic mass is 9.86. The SMILES string of the molecule is C=C1C=CC2=C(CCC(C)C2)N1. The highest BCUT2D eigenvalue weighted by Gasteiger charge is 2.18. The molecule has 0 fully saturated rings. The molecule has 1 N–H and O–H groups in total. The minimum atomic E-state index is 0.849. The van der Waals surface area contributed by atoms with Gasteiger partial charge in [-0.3, -0.25) is 0 Å². The Balaban J connectivity index is 2.23. The Labute approximate surface area is 73.9 Å². The number of hydrogen-bond donors (Lipinski definition) is 1. The van der Waals surface area contributed by atoms with Crippen LogP contribution in [0.2, 0.25) is 0 Å². The first-order chi connectivity index (χ1) is 5.75. The Morgan fingerprint density at radius 3 is 3.17 bits per heavy atom. The standard InChI is InChI=1S/C11H15N/c1-8-3-6-11-10(7-8)5-4-9(2)12-11/h4-5,8,12H,2-3,6-7H2,1H3. The lowest BCUT2D eigenvalue weighted by Gasteiger charge is -2.27. The van der Waals surface area contributed by atoms with Gasteiger partial charge in [-0.2, -0.15) is 0 Å². The molecule has 0 saturated carbocycles. The average Bonchev–Trinajstić information content (AvgIpc) is 2.05. The Morgan fingerprint density at radius 1 is 1.50 bits per heavy atom. The van der Waals surface area contributed by atoms with Crippen LogP contribution >= 0.6 is 0 Å². The van der Waals surface area contributed by atoms with Crippen LogP contribution in [0.4, 0.5) is 0 Å². The third-order valence-electron chi connectivity index (χ3n) is 2.64. The molecule has 2 aliphatic rings. The van der Waals surface area contributed by atoms with E-state index < -0.39 is 0 Å². The molecule has 0 spiro atoms. The fourth-order valence-corrected chi connectivity index (χ4v) is 1.90. The summed E-state index contributed by atoms with van der Waals surface area (Å²) in [6, 6.07) is 0. The Morgan fingerprint density at radius 2 is 2.33 bits per heavy atom. The highest BCUT2D eigenvalue weighted by molar-refractivity contribution is 5.38. The van der Waals surface area contributed by atoms with Gasteiger partial charge in [-0.25, -0.2) is 0 Å². The molecule has 0 radical (unpaired) electrons. The van der Waals surface area contributed by atoms with Crippen molar-refractivity contribution >= 4 is 0 Å². The first-order valence-electron chi connectivity index (χ1n) is 4.62. The van der Waals surface area contributed by atoms with Gasteiger partial charge in [-0.15, -0.1) is 0 Å². The molecule has 64 valence electrons. The van der Waals surface area contributed by atoms with E-state index in [4.69, 9.17) is 0 Å². The van der Waals surface area contributed by atoms with Gasteiger partial charge < -0.3 is 5.32 Å². The summed E-state index contributed by atoms with van der Waals surface area (Å²) >= 11 is 0. The highest BCUT2D eigenvalue weighted by atomic mass is 14.9. The quantitative estimate of drug-likeness (QED) is 0.576. The third-order valence-corrected chi connectivity index (χ3v) is 2.64. The molecule has 0 bridgehead atoms. The van der Waals surface area contributed by atoms with Crippen molar-refractivity contribution in [3.63, 3.8) is 0 Å². The lowest BCUT2D eigenvalue weighted by Crippen LogP contribution is -2.20. The van der Waals surface area contributed by atoms with Gasteiger partial charge in [0.25, 0.3) is 0 Å². The van der Waals surface area contributed by atoms with Gasteiger partial charge in [0.05, 0.1) is 0 Å². The molecule has 12 heavy (non-hydrogen) atoms. The highest BCUT2D eigenvalue weighted by Crippen LogP contribution is 2.30. The minimum Gasteiger partial charge on any atom is -0.359 e. The molecule has 1 nitrogen and oxygen atoms in total. The van der Waals surface area contributed by atoms with Crippen molar-refractivity contribution in [3.05, 3.63) is 35.7 Å². The van der Waals surface area contributed by atoms with Gasteiger partial charge in [0.2, 0.25) is 0 Å². The van der Waals surface area contributed by atoms with Gasteiger partial charge in [0, 0.05) is 11.4 Å². The average molecular weight is 161 g/mol. The lowest BCUT2D eigenvalue weighted by molar-refractivity contribution is 0.489. The molecule has 1 atom stereocenters. The van der Waals surface area contributed by atoms with Crippen LogP contribution in [0.3, 0.4) is 0 Å². The molecule has 2 rings (SSSR count). The number of rotatable bonds is 0. The number of dihydropyridines is 1. The second-order valence-corrected chi connectivity index (χ2v) is 3.84. The van der Waals surface area contributed by atoms with Crippen LogP contribution in [0.1, 0.15) is 26.2 Å². The van der Waals surface area contributed by atoms with Crippen molar-refractivity contribution in [3.8, 4) is 0 Å². The van der Waals surface area contributed by atoms with E-state index in [1.807, 2.05) is 0 Å². The molecular formula is C11H15N. The van der Waals surface area contributed by atoms with Crippen LogP contribution in [-0.4, -0.2) is 0 Å². The molecule has 0 aromatic carbocycles. The molecule has 0 aromatic rings. The zero-order valence-corrected chi connectivity index (χ0v) is 7.56. The molecule has 1 heteroatoms. The van der Waals surface area contributed by atoms with Gasteiger partial charge in [-0.1, -0.05) is 19.6 Å². The zero-order chi connectivity index (χ0) is 8.55. The Bertz CT molecular complexity index is 271. The Kier molecular flexibility index (Phi) is 1.80. The molecule has 1 aliphatic heterocycles. The minimum absolute atomic E-state index is 0.849. The summed E-state index contributed by atoms with van der Waals surface area (Å²) in [5, 5.41) is 3.34. The van der Waals surface area contributed by atoms with E-state index in [0.717, 1.165) is 11.6 Å². The van der Waals surface area contributed by atoms with Crippen LogP contribution in [0.5, 0.6) is 0 Å². The van der Waals surface area contributed by atoms with E-state index in [1.165, 1.54) is 30.5 Å². The van der Waals surface area contributed by atoms with E-state index in [1.54, 1.807) is 0 Å². The van der Waals surface area contributed by atoms with Crippen molar-refractivity contribution in [1.82, 2.24) is 5.32 Å². The predicted molar refractivity (Wildman–Crippen MR) is 51.5 cm³/mol. The zero-order valence-electron chi connectivity index (χ0n) is 7.56. The van der Waals surface area contributed by atoms with E-state index in [0.29, 0.717) is 0 Å². The maximum atomic E-state index is 3.89. The van der Waals surface area contributed by atoms with E-state index in [-0.39, 0.29) is 0 Å². The Hall–Kier alpha value is -0.980. The maximum absolute atomic E-state index is 3.89. The fraction of sp³-hybridized carbons (Fsp3) is 0.455. The van der Waals surface area contributed by atoms with Crippen molar-refractivity contribution in [2.75, 3.05) is 0 Å². The summed E-state index contributed by atoms with van der Waals surface area (Å²) in [4.78, 5) is 0. The molecule has 1 unspecified atom stereocenters. The number of allylic oxidation sites excluding steroid dienone is 4. The summed E-state index contributed by atoms with van der Waals surface area (Å²) in [6.45, 7) is 6.21. The molecule has 1 aliphatic carbocycles. The normalized spacial score (nSPS) is 28.4. The van der Waals surface area contributed by atoms with Crippen LogP contribution < -0.4 is 5.32 Å². The summed E-state index contributed by atoms with van der Waals surface area (Å²) in [5.74, 6) is 0.849. The van der Waals surface area contributed by atoms with Crippen molar-refractivity contribution < 1.29 is 0 Å². The van der Waals surface area contributed by atoms with Crippen LogP contribution in [-0.2, 0) is 0 Å². The van der Waals surface area contributed by atoms with E-state index >= 15 is 0 Å². The monoisotopic (exact) mass is 161 g/mol. The van der Waals surface area contributed by atoms with Gasteiger partial charge in [0.1, 0.15) is 0 Å². The second kappa shape index (κ2) is 2.81. The summed E-state index contributed by atoms with van der Waals surface area (Å²) in [7, 11) is 0. The summed E-state index contributed by atoms with van der Waals surface area (Å²) in [6.07, 6.45) is 8.01. The maximum Gasteiger partial charge on any atom is 0.0308 e. The molecule has 1 heterocycles. The topological polar surface area (TPSA) is 12.0 Å². The van der Waals surface area contributed by atoms with Crippen molar-refractivity contribution in [2.24, 2.45) is 5.92 Å². The first-order valence-corrected chi connectivity index (χ1v) is 4.62. The molecular weight excluding hydrogens is 146 g/mol. The van der Waals surface area contributed by atoms with Crippen LogP contribution in [0.15, 0.2) is 35.7 Å². The van der Waals surface area contributed by atoms with Gasteiger partial charge in [0.15, 0.2) is 0 Å². The second-order valence-electron chi connectivity index (χ2n) is 3.84. The third kappa shape index (κ3) is 1.31. The van der Waals surface area contributed by atoms with Gasteiger partial charge in [-0.05, 0) is 36.8 Å². The number of nitrogens with one attached hydrogen (secondary N) is 1. The van der Waals surface area contributed by atoms with Gasteiger partial charge >= 0.3 is 0 Å². The van der Waals surface area contributed by atoms with E-state index in [9.17, 15) is 0 Å². The molecule has 0 aromatic heterocycles. The van der Waals surface area contributed by atoms with Crippen LogP contribution in [0.25, 0.3) is 0 Å². The summed E-state index contributed by atoms with van der Waals surface area (Å²) < 4.78 is 0.